The Morgan fingerprint density at radius 3 is 2.56 bits per heavy atom. The van der Waals surface area contributed by atoms with E-state index in [2.05, 4.69) is 58.4 Å². The summed E-state index contributed by atoms with van der Waals surface area (Å²) in [6.45, 7) is 11.7. The van der Waals surface area contributed by atoms with Crippen LogP contribution in [0.4, 0.5) is 0 Å². The maximum Gasteiger partial charge on any atom is 0.0739 e. The third kappa shape index (κ3) is 3.32. The van der Waals surface area contributed by atoms with Crippen molar-refractivity contribution in [3.8, 4) is 0 Å². The molecule has 4 heteroatoms. The zero-order valence-corrected chi connectivity index (χ0v) is 12.5. The summed E-state index contributed by atoms with van der Waals surface area (Å²) >= 11 is 3.63. The first-order valence-corrected chi connectivity index (χ1v) is 6.65. The van der Waals surface area contributed by atoms with E-state index in [1.807, 2.05) is 6.92 Å². The number of halogens is 1. The van der Waals surface area contributed by atoms with Crippen LogP contribution >= 0.6 is 15.9 Å². The maximum atomic E-state index is 4.50. The lowest BCUT2D eigenvalue weighted by Crippen LogP contribution is -2.24. The molecule has 0 radical (unpaired) electrons. The molecule has 0 bridgehead atoms. The smallest absolute Gasteiger partial charge is 0.0739 e. The van der Waals surface area contributed by atoms with Gasteiger partial charge in [0.1, 0.15) is 0 Å². The fourth-order valence-corrected chi connectivity index (χ4v) is 2.37. The lowest BCUT2D eigenvalue weighted by Gasteiger charge is -2.19. The minimum absolute atomic E-state index is 0.697. The Balaban J connectivity index is 2.79. The Morgan fingerprint density at radius 2 is 2.06 bits per heavy atom. The molecule has 0 fully saturated rings. The van der Waals surface area contributed by atoms with Crippen LogP contribution in [0.2, 0.25) is 0 Å². The van der Waals surface area contributed by atoms with Crippen LogP contribution in [-0.2, 0) is 13.1 Å². The van der Waals surface area contributed by atoms with Gasteiger partial charge in [0, 0.05) is 19.6 Å². The first-order chi connectivity index (χ1) is 7.45. The Kier molecular flexibility index (Phi) is 4.99. The number of nitrogens with zero attached hydrogens (tertiary/aromatic N) is 3. The van der Waals surface area contributed by atoms with Crippen molar-refractivity contribution < 1.29 is 0 Å². The third-order valence-electron chi connectivity index (χ3n) is 2.55. The number of hydrogen-bond donors (Lipinski definition) is 0. The monoisotopic (exact) mass is 287 g/mol. The fourth-order valence-electron chi connectivity index (χ4n) is 1.96. The van der Waals surface area contributed by atoms with E-state index in [4.69, 9.17) is 0 Å². The van der Waals surface area contributed by atoms with Gasteiger partial charge in [0.2, 0.25) is 0 Å². The number of rotatable bonds is 5. The second-order valence-corrected chi connectivity index (χ2v) is 5.55. The van der Waals surface area contributed by atoms with Crippen molar-refractivity contribution in [3.05, 3.63) is 15.9 Å². The molecule has 0 spiro atoms. The molecular weight excluding hydrogens is 266 g/mol. The number of aryl methyl sites for hydroxylation is 2. The molecule has 0 aliphatic rings. The first-order valence-electron chi connectivity index (χ1n) is 5.86. The van der Waals surface area contributed by atoms with Crippen molar-refractivity contribution in [1.29, 1.82) is 0 Å². The van der Waals surface area contributed by atoms with Crippen LogP contribution in [0.15, 0.2) is 4.47 Å². The molecule has 1 rings (SSSR count). The van der Waals surface area contributed by atoms with E-state index in [0.717, 1.165) is 29.8 Å². The van der Waals surface area contributed by atoms with Gasteiger partial charge in [0.15, 0.2) is 0 Å². The van der Waals surface area contributed by atoms with E-state index in [1.54, 1.807) is 0 Å². The van der Waals surface area contributed by atoms with Crippen LogP contribution in [-0.4, -0.2) is 28.3 Å². The predicted molar refractivity (Wildman–Crippen MR) is 71.5 cm³/mol. The zero-order chi connectivity index (χ0) is 12.3. The molecule has 0 amide bonds. The van der Waals surface area contributed by atoms with E-state index in [9.17, 15) is 0 Å². The quantitative estimate of drug-likeness (QED) is 0.830. The summed E-state index contributed by atoms with van der Waals surface area (Å²) in [5, 5.41) is 4.50. The van der Waals surface area contributed by atoms with Crippen molar-refractivity contribution in [1.82, 2.24) is 14.7 Å². The second kappa shape index (κ2) is 5.82. The molecule has 1 aromatic rings. The second-order valence-electron chi connectivity index (χ2n) is 4.75. The molecule has 0 saturated carbocycles. The lowest BCUT2D eigenvalue weighted by molar-refractivity contribution is 0.279. The van der Waals surface area contributed by atoms with Crippen LogP contribution in [0, 0.1) is 12.8 Å². The third-order valence-corrected chi connectivity index (χ3v) is 3.58. The summed E-state index contributed by atoms with van der Waals surface area (Å²) in [6, 6.07) is 0. The van der Waals surface area contributed by atoms with Crippen molar-refractivity contribution >= 4 is 15.9 Å². The van der Waals surface area contributed by atoms with E-state index in [-0.39, 0.29) is 0 Å². The highest BCUT2D eigenvalue weighted by Gasteiger charge is 2.14. The van der Waals surface area contributed by atoms with E-state index >= 15 is 0 Å². The van der Waals surface area contributed by atoms with Crippen LogP contribution in [0.5, 0.6) is 0 Å². The molecule has 3 nitrogen and oxygen atoms in total. The minimum Gasteiger partial charge on any atom is -0.300 e. The van der Waals surface area contributed by atoms with E-state index < -0.39 is 0 Å². The van der Waals surface area contributed by atoms with Crippen molar-refractivity contribution in [2.75, 3.05) is 13.6 Å². The highest BCUT2D eigenvalue weighted by atomic mass is 79.9. The van der Waals surface area contributed by atoms with Gasteiger partial charge in [-0.3, -0.25) is 4.68 Å². The highest BCUT2D eigenvalue weighted by Crippen LogP contribution is 2.22. The van der Waals surface area contributed by atoms with Gasteiger partial charge in [-0.25, -0.2) is 0 Å². The van der Waals surface area contributed by atoms with E-state index in [1.165, 1.54) is 5.69 Å². The molecule has 0 saturated heterocycles. The van der Waals surface area contributed by atoms with Crippen molar-refractivity contribution in [3.63, 3.8) is 0 Å². The van der Waals surface area contributed by atoms with Crippen LogP contribution in [0.25, 0.3) is 0 Å². The maximum absolute atomic E-state index is 4.50. The normalized spacial score (nSPS) is 11.8. The molecule has 0 N–H and O–H groups in total. The summed E-state index contributed by atoms with van der Waals surface area (Å²) < 4.78 is 3.24. The molecule has 16 heavy (non-hydrogen) atoms. The van der Waals surface area contributed by atoms with Gasteiger partial charge in [-0.1, -0.05) is 13.8 Å². The standard InChI is InChI=1S/C12H22BrN3/c1-6-16-11(12(13)10(4)14-16)8-15(5)7-9(2)3/h9H,6-8H2,1-5H3. The summed E-state index contributed by atoms with van der Waals surface area (Å²) in [4.78, 5) is 2.35. The first kappa shape index (κ1) is 13.7. The molecule has 92 valence electrons. The van der Waals surface area contributed by atoms with Gasteiger partial charge in [-0.2, -0.15) is 5.10 Å². The lowest BCUT2D eigenvalue weighted by atomic mass is 10.2. The molecule has 0 unspecified atom stereocenters. The largest absolute Gasteiger partial charge is 0.300 e. The van der Waals surface area contributed by atoms with Gasteiger partial charge in [-0.15, -0.1) is 0 Å². The molecule has 0 aromatic carbocycles. The summed E-state index contributed by atoms with van der Waals surface area (Å²) in [7, 11) is 2.16. The fraction of sp³-hybridized carbons (Fsp3) is 0.750. The molecule has 0 aliphatic carbocycles. The van der Waals surface area contributed by atoms with Gasteiger partial charge < -0.3 is 4.90 Å². The average molecular weight is 288 g/mol. The van der Waals surface area contributed by atoms with Gasteiger partial charge >= 0.3 is 0 Å². The molecule has 1 heterocycles. The number of aromatic nitrogens is 2. The Labute approximate surface area is 107 Å². The topological polar surface area (TPSA) is 21.1 Å². The molecular formula is C12H22BrN3. The minimum atomic E-state index is 0.697. The Hall–Kier alpha value is -0.350. The van der Waals surface area contributed by atoms with Crippen molar-refractivity contribution in [2.45, 2.75) is 40.8 Å². The molecule has 1 aromatic heterocycles. The summed E-state index contributed by atoms with van der Waals surface area (Å²) in [6.07, 6.45) is 0. The SMILES string of the molecule is CCn1nc(C)c(Br)c1CN(C)CC(C)C. The number of hydrogen-bond acceptors (Lipinski definition) is 2. The van der Waals surface area contributed by atoms with Crippen LogP contribution in [0.1, 0.15) is 32.2 Å². The van der Waals surface area contributed by atoms with Gasteiger partial charge in [0.25, 0.3) is 0 Å². The predicted octanol–water partition coefficient (Wildman–Crippen LogP) is 3.06. The van der Waals surface area contributed by atoms with Crippen molar-refractivity contribution in [2.24, 2.45) is 5.92 Å². The average Bonchev–Trinajstić information content (AvgIpc) is 2.44. The summed E-state index contributed by atoms with van der Waals surface area (Å²) in [5.41, 5.74) is 2.36. The van der Waals surface area contributed by atoms with E-state index in [0.29, 0.717) is 5.92 Å². The zero-order valence-electron chi connectivity index (χ0n) is 10.9. The summed E-state index contributed by atoms with van der Waals surface area (Å²) in [5.74, 6) is 0.697. The van der Waals surface area contributed by atoms with Crippen LogP contribution in [0.3, 0.4) is 0 Å². The Bertz CT molecular complexity index is 344. The Morgan fingerprint density at radius 1 is 1.44 bits per heavy atom. The molecule has 0 aliphatic heterocycles. The highest BCUT2D eigenvalue weighted by molar-refractivity contribution is 9.10. The van der Waals surface area contributed by atoms with Gasteiger partial charge in [0.05, 0.1) is 15.9 Å². The van der Waals surface area contributed by atoms with Crippen LogP contribution < -0.4 is 0 Å². The molecule has 0 atom stereocenters. The van der Waals surface area contributed by atoms with Gasteiger partial charge in [-0.05, 0) is 42.7 Å².